The molecule has 2 rings (SSSR count). The van der Waals surface area contributed by atoms with Crippen LogP contribution >= 0.6 is 0 Å². The van der Waals surface area contributed by atoms with Crippen molar-refractivity contribution in [1.29, 1.82) is 0 Å². The van der Waals surface area contributed by atoms with Crippen LogP contribution in [0.2, 0.25) is 0 Å². The minimum atomic E-state index is 0. The average Bonchev–Trinajstić information content (AvgIpc) is 2.06. The molecule has 0 amide bonds. The maximum absolute atomic E-state index is 3.11. The predicted molar refractivity (Wildman–Crippen MR) is 46.9 cm³/mol. The van der Waals surface area contributed by atoms with Crippen molar-refractivity contribution in [2.45, 2.75) is 12.8 Å². The van der Waals surface area contributed by atoms with Crippen LogP contribution in [0.3, 0.4) is 0 Å². The molecule has 1 radical (unpaired) electrons. The van der Waals surface area contributed by atoms with Gasteiger partial charge in [-0.15, -0.1) is 5.56 Å². The Labute approximate surface area is 99.0 Å². The second kappa shape index (κ2) is 4.39. The molecule has 2 heteroatoms. The Bertz CT molecular complexity index is 260. The van der Waals surface area contributed by atoms with E-state index in [0.29, 0.717) is 0 Å². The summed E-state index contributed by atoms with van der Waals surface area (Å²) >= 11 is 0. The minimum absolute atomic E-state index is 0. The van der Waals surface area contributed by atoms with Crippen molar-refractivity contribution in [2.24, 2.45) is 0 Å². The molecule has 0 spiro atoms. The molecule has 0 saturated carbocycles. The molecule has 0 N–H and O–H groups in total. The summed E-state index contributed by atoms with van der Waals surface area (Å²) < 4.78 is 0. The molecule has 0 aromatic heterocycles. The SMILES string of the molecule is CN1CCCc2cc[c-]cc21.[Y]. The standard InChI is InChI=1S/C10H12N.Y/c1-11-8-4-6-9-5-2-3-7-10(9)11;/h2,5,7H,4,6,8H2,1H3;/q-1;. The molecule has 1 aliphatic heterocycles. The molecule has 1 nitrogen and oxygen atoms in total. The van der Waals surface area contributed by atoms with Crippen molar-refractivity contribution >= 4 is 5.69 Å². The molecule has 0 saturated heterocycles. The van der Waals surface area contributed by atoms with E-state index in [9.17, 15) is 0 Å². The van der Waals surface area contributed by atoms with Gasteiger partial charge in [0.2, 0.25) is 0 Å². The van der Waals surface area contributed by atoms with Crippen LogP contribution in [0.4, 0.5) is 5.69 Å². The topological polar surface area (TPSA) is 3.24 Å². The van der Waals surface area contributed by atoms with Crippen LogP contribution in [0.15, 0.2) is 18.2 Å². The summed E-state index contributed by atoms with van der Waals surface area (Å²) in [6, 6.07) is 9.36. The van der Waals surface area contributed by atoms with E-state index < -0.39 is 0 Å². The van der Waals surface area contributed by atoms with Crippen LogP contribution in [0, 0.1) is 6.07 Å². The van der Waals surface area contributed by atoms with Crippen molar-refractivity contribution in [3.05, 3.63) is 29.8 Å². The van der Waals surface area contributed by atoms with Gasteiger partial charge in [0.25, 0.3) is 0 Å². The molecule has 1 heterocycles. The first kappa shape index (κ1) is 10.2. The third-order valence-corrected chi connectivity index (χ3v) is 2.28. The first-order valence-electron chi connectivity index (χ1n) is 4.08. The zero-order valence-corrected chi connectivity index (χ0v) is 10.2. The van der Waals surface area contributed by atoms with E-state index in [1.165, 1.54) is 30.6 Å². The molecule has 0 bridgehead atoms. The van der Waals surface area contributed by atoms with Gasteiger partial charge in [0.15, 0.2) is 0 Å². The van der Waals surface area contributed by atoms with Crippen LogP contribution in [-0.2, 0) is 39.1 Å². The van der Waals surface area contributed by atoms with E-state index in [2.05, 4.69) is 30.1 Å². The molecule has 1 aromatic rings. The average molecular weight is 235 g/mol. The van der Waals surface area contributed by atoms with Gasteiger partial charge in [-0.1, -0.05) is 5.69 Å². The van der Waals surface area contributed by atoms with Gasteiger partial charge < -0.3 is 4.90 Å². The second-order valence-corrected chi connectivity index (χ2v) is 3.08. The van der Waals surface area contributed by atoms with Gasteiger partial charge >= 0.3 is 0 Å². The van der Waals surface area contributed by atoms with Gasteiger partial charge in [0.05, 0.1) is 0 Å². The summed E-state index contributed by atoms with van der Waals surface area (Å²) in [7, 11) is 2.14. The van der Waals surface area contributed by atoms with Crippen molar-refractivity contribution in [1.82, 2.24) is 0 Å². The Morgan fingerprint density at radius 2 is 2.33 bits per heavy atom. The van der Waals surface area contributed by atoms with Gasteiger partial charge in [-0.3, -0.25) is 0 Å². The Hall–Kier alpha value is 0.124. The predicted octanol–water partition coefficient (Wildman–Crippen LogP) is 1.87. The fourth-order valence-corrected chi connectivity index (χ4v) is 1.65. The summed E-state index contributed by atoms with van der Waals surface area (Å²) in [5.41, 5.74) is 2.83. The zero-order valence-electron chi connectivity index (χ0n) is 7.38. The maximum Gasteiger partial charge on any atom is 0.00597 e. The Morgan fingerprint density at radius 1 is 1.50 bits per heavy atom. The van der Waals surface area contributed by atoms with E-state index in [4.69, 9.17) is 0 Å². The monoisotopic (exact) mass is 235 g/mol. The van der Waals surface area contributed by atoms with E-state index >= 15 is 0 Å². The van der Waals surface area contributed by atoms with Crippen molar-refractivity contribution in [2.75, 3.05) is 18.5 Å². The Morgan fingerprint density at radius 3 is 3.08 bits per heavy atom. The van der Waals surface area contributed by atoms with E-state index in [1.54, 1.807) is 0 Å². The Balaban J connectivity index is 0.000000720. The maximum atomic E-state index is 3.11. The molecule has 0 unspecified atom stereocenters. The zero-order chi connectivity index (χ0) is 7.68. The normalized spacial score (nSPS) is 14.9. The van der Waals surface area contributed by atoms with Crippen molar-refractivity contribution in [3.8, 4) is 0 Å². The minimum Gasteiger partial charge on any atom is -0.426 e. The van der Waals surface area contributed by atoms with Crippen LogP contribution in [0.1, 0.15) is 12.0 Å². The van der Waals surface area contributed by atoms with Gasteiger partial charge in [0.1, 0.15) is 0 Å². The van der Waals surface area contributed by atoms with Crippen LogP contribution < -0.4 is 4.90 Å². The molecular weight excluding hydrogens is 223 g/mol. The summed E-state index contributed by atoms with van der Waals surface area (Å²) in [6.45, 7) is 1.19. The van der Waals surface area contributed by atoms with Gasteiger partial charge in [-0.25, -0.2) is 0 Å². The smallest absolute Gasteiger partial charge is 0.00597 e. The molecule has 1 aliphatic rings. The number of fused-ring (bicyclic) bond motifs is 1. The summed E-state index contributed by atoms with van der Waals surface area (Å²) in [5, 5.41) is 0. The third kappa shape index (κ3) is 1.89. The molecule has 61 valence electrons. The number of aryl methyl sites for hydroxylation is 1. The van der Waals surface area contributed by atoms with E-state index in [0.717, 1.165) is 0 Å². The number of benzene rings is 1. The van der Waals surface area contributed by atoms with E-state index in [1.807, 2.05) is 6.07 Å². The molecular formula is C10H12NY-. The number of hydrogen-bond acceptors (Lipinski definition) is 1. The fraction of sp³-hybridized carbons (Fsp3) is 0.400. The number of nitrogens with zero attached hydrogens (tertiary/aromatic N) is 1. The van der Waals surface area contributed by atoms with Crippen LogP contribution in [0.5, 0.6) is 0 Å². The largest absolute Gasteiger partial charge is 0.426 e. The Kier molecular flexibility index (Phi) is 3.73. The number of hydrogen-bond donors (Lipinski definition) is 0. The molecule has 0 fully saturated rings. The van der Waals surface area contributed by atoms with Gasteiger partial charge in [0, 0.05) is 39.3 Å². The van der Waals surface area contributed by atoms with Crippen molar-refractivity contribution in [3.63, 3.8) is 0 Å². The molecule has 12 heavy (non-hydrogen) atoms. The quantitative estimate of drug-likeness (QED) is 0.620. The summed E-state index contributed by atoms with van der Waals surface area (Å²) in [4.78, 5) is 2.30. The number of anilines is 1. The fourth-order valence-electron chi connectivity index (χ4n) is 1.65. The third-order valence-electron chi connectivity index (χ3n) is 2.28. The van der Waals surface area contributed by atoms with Crippen molar-refractivity contribution < 1.29 is 32.7 Å². The molecule has 1 aromatic carbocycles. The van der Waals surface area contributed by atoms with Crippen LogP contribution in [0.25, 0.3) is 0 Å². The van der Waals surface area contributed by atoms with Gasteiger partial charge in [-0.2, -0.15) is 24.3 Å². The number of rotatable bonds is 0. The summed E-state index contributed by atoms with van der Waals surface area (Å²) in [5.74, 6) is 0. The second-order valence-electron chi connectivity index (χ2n) is 3.08. The summed E-state index contributed by atoms with van der Waals surface area (Å²) in [6.07, 6.45) is 2.52. The first-order valence-corrected chi connectivity index (χ1v) is 4.08. The first-order chi connectivity index (χ1) is 5.38. The molecule has 0 atom stereocenters. The van der Waals surface area contributed by atoms with Crippen LogP contribution in [-0.4, -0.2) is 13.6 Å². The molecule has 0 aliphatic carbocycles. The van der Waals surface area contributed by atoms with Gasteiger partial charge in [-0.05, 0) is 19.9 Å². The van der Waals surface area contributed by atoms with E-state index in [-0.39, 0.29) is 32.7 Å².